The van der Waals surface area contributed by atoms with Gasteiger partial charge in [0.1, 0.15) is 0 Å². The Hall–Kier alpha value is -0.990. The number of nitrogens with one attached hydrogen (secondary N) is 2. The third-order valence-corrected chi connectivity index (χ3v) is 0.706. The Balaban J connectivity index is 3.04. The summed E-state index contributed by atoms with van der Waals surface area (Å²) in [6.45, 7) is 1.87. The first-order valence-electron chi connectivity index (χ1n) is 2.02. The first kappa shape index (κ1) is 4.18. The number of hydrogen-bond donors (Lipinski definition) is 1. The average molecular weight is 96.1 g/mol. The minimum absolute atomic E-state index is 0.303. The molecule has 37 valence electrons. The normalized spacial score (nSPS) is 9.29. The van der Waals surface area contributed by atoms with Gasteiger partial charge in [0, 0.05) is 11.8 Å². The van der Waals surface area contributed by atoms with E-state index in [0.29, 0.717) is 5.82 Å². The van der Waals surface area contributed by atoms with Crippen molar-refractivity contribution in [3.8, 4) is 0 Å². The van der Waals surface area contributed by atoms with Crippen LogP contribution in [0.2, 0.25) is 0 Å². The summed E-state index contributed by atoms with van der Waals surface area (Å²) in [6, 6.07) is 1.67. The van der Waals surface area contributed by atoms with Crippen molar-refractivity contribution in [1.82, 2.24) is 15.9 Å². The third-order valence-electron chi connectivity index (χ3n) is 0.706. The van der Waals surface area contributed by atoms with Crippen LogP contribution >= 0.6 is 0 Å². The van der Waals surface area contributed by atoms with Crippen LogP contribution in [0.5, 0.6) is 0 Å². The van der Waals surface area contributed by atoms with E-state index in [4.69, 9.17) is 5.73 Å². The van der Waals surface area contributed by atoms with Crippen LogP contribution in [-0.4, -0.2) is 10.2 Å². The Bertz CT molecular complexity index is 139. The summed E-state index contributed by atoms with van der Waals surface area (Å²) in [7, 11) is 0. The minimum atomic E-state index is 0.303. The van der Waals surface area contributed by atoms with E-state index >= 15 is 0 Å². The Labute approximate surface area is 41.5 Å². The van der Waals surface area contributed by atoms with Gasteiger partial charge in [-0.05, 0) is 6.92 Å². The van der Waals surface area contributed by atoms with Crippen LogP contribution in [0.4, 0.5) is 5.82 Å². The van der Waals surface area contributed by atoms with E-state index in [2.05, 4.69) is 10.2 Å². The predicted molar refractivity (Wildman–Crippen MR) is 26.1 cm³/mol. The molecule has 0 atom stereocenters. The first-order chi connectivity index (χ1) is 3.29. The van der Waals surface area contributed by atoms with Gasteiger partial charge in [0.2, 0.25) is 0 Å². The number of aromatic amines is 1. The van der Waals surface area contributed by atoms with Crippen LogP contribution in [0.3, 0.4) is 0 Å². The molecule has 1 radical (unpaired) electrons. The highest BCUT2D eigenvalue weighted by atomic mass is 15.1. The van der Waals surface area contributed by atoms with Gasteiger partial charge in [0.25, 0.3) is 0 Å². The molecule has 7 heavy (non-hydrogen) atoms. The van der Waals surface area contributed by atoms with Gasteiger partial charge in [0.05, 0.1) is 0 Å². The van der Waals surface area contributed by atoms with Crippen molar-refractivity contribution < 1.29 is 0 Å². The topological polar surface area (TPSA) is 52.5 Å². The molecule has 0 spiro atoms. The molecule has 1 aromatic rings. The van der Waals surface area contributed by atoms with Crippen LogP contribution in [0.25, 0.3) is 0 Å². The zero-order chi connectivity index (χ0) is 5.28. The van der Waals surface area contributed by atoms with Crippen LogP contribution in [0.1, 0.15) is 5.69 Å². The van der Waals surface area contributed by atoms with E-state index in [1.165, 1.54) is 0 Å². The Morgan fingerprint density at radius 2 is 2.57 bits per heavy atom. The van der Waals surface area contributed by atoms with Crippen molar-refractivity contribution in [2.75, 3.05) is 0 Å². The molecular weight excluding hydrogens is 90.1 g/mol. The summed E-state index contributed by atoms with van der Waals surface area (Å²) in [5, 5.41) is 6.19. The SMILES string of the molecule is Cc1cc([NH])n[nH]1. The lowest BCUT2D eigenvalue weighted by atomic mass is 10.5. The average Bonchev–Trinajstić information content (AvgIpc) is 1.87. The zero-order valence-corrected chi connectivity index (χ0v) is 4.02. The molecule has 0 saturated heterocycles. The molecule has 0 aliphatic carbocycles. The van der Waals surface area contributed by atoms with E-state index in [1.807, 2.05) is 6.92 Å². The zero-order valence-electron chi connectivity index (χ0n) is 4.02. The second-order valence-corrected chi connectivity index (χ2v) is 1.44. The van der Waals surface area contributed by atoms with E-state index in [9.17, 15) is 0 Å². The summed E-state index contributed by atoms with van der Waals surface area (Å²) >= 11 is 0. The number of aryl methyl sites for hydroxylation is 1. The molecule has 1 rings (SSSR count). The fourth-order valence-electron chi connectivity index (χ4n) is 0.418. The lowest BCUT2D eigenvalue weighted by molar-refractivity contribution is 1.04. The number of nitrogens with zero attached hydrogens (tertiary/aromatic N) is 1. The van der Waals surface area contributed by atoms with Crippen molar-refractivity contribution >= 4 is 5.82 Å². The highest BCUT2D eigenvalue weighted by Crippen LogP contribution is 1.97. The van der Waals surface area contributed by atoms with E-state index in [1.54, 1.807) is 6.07 Å². The van der Waals surface area contributed by atoms with Crippen molar-refractivity contribution in [2.24, 2.45) is 0 Å². The standard InChI is InChI=1S/C4H6N3/c1-3-2-4(5)7-6-3/h2,5H,1H3,(H,6,7). The number of H-pyrrole nitrogens is 1. The molecule has 0 aliphatic rings. The van der Waals surface area contributed by atoms with Gasteiger partial charge in [-0.1, -0.05) is 0 Å². The van der Waals surface area contributed by atoms with Gasteiger partial charge in [-0.25, -0.2) is 0 Å². The summed E-state index contributed by atoms with van der Waals surface area (Å²) in [5.41, 5.74) is 7.81. The van der Waals surface area contributed by atoms with Crippen LogP contribution in [0.15, 0.2) is 6.07 Å². The highest BCUT2D eigenvalue weighted by molar-refractivity contribution is 5.22. The molecule has 3 heteroatoms. The van der Waals surface area contributed by atoms with Gasteiger partial charge in [-0.3, -0.25) is 10.8 Å². The van der Waals surface area contributed by atoms with Crippen molar-refractivity contribution in [2.45, 2.75) is 6.92 Å². The fraction of sp³-hybridized carbons (Fsp3) is 0.250. The number of hydrogen-bond acceptors (Lipinski definition) is 1. The molecule has 0 bridgehead atoms. The van der Waals surface area contributed by atoms with Gasteiger partial charge < -0.3 is 0 Å². The second-order valence-electron chi connectivity index (χ2n) is 1.44. The number of rotatable bonds is 0. The molecule has 0 aliphatic heterocycles. The molecule has 1 aromatic heterocycles. The Morgan fingerprint density at radius 3 is 2.71 bits per heavy atom. The van der Waals surface area contributed by atoms with Gasteiger partial charge in [0.15, 0.2) is 5.82 Å². The fourth-order valence-corrected chi connectivity index (χ4v) is 0.418. The molecule has 0 fully saturated rings. The maximum absolute atomic E-state index is 6.87. The van der Waals surface area contributed by atoms with Gasteiger partial charge in [-0.2, -0.15) is 5.10 Å². The van der Waals surface area contributed by atoms with Crippen LogP contribution < -0.4 is 5.73 Å². The molecule has 0 amide bonds. The summed E-state index contributed by atoms with van der Waals surface area (Å²) < 4.78 is 0. The summed E-state index contributed by atoms with van der Waals surface area (Å²) in [4.78, 5) is 0. The van der Waals surface area contributed by atoms with E-state index in [-0.39, 0.29) is 0 Å². The summed E-state index contributed by atoms with van der Waals surface area (Å²) in [5.74, 6) is 0.303. The smallest absolute Gasteiger partial charge is 0.166 e. The first-order valence-corrected chi connectivity index (χ1v) is 2.02. The van der Waals surface area contributed by atoms with Crippen molar-refractivity contribution in [1.29, 1.82) is 0 Å². The minimum Gasteiger partial charge on any atom is -0.281 e. The van der Waals surface area contributed by atoms with Crippen molar-refractivity contribution in [3.63, 3.8) is 0 Å². The maximum Gasteiger partial charge on any atom is 0.166 e. The monoisotopic (exact) mass is 96.1 g/mol. The molecular formula is C4H6N3. The highest BCUT2D eigenvalue weighted by Gasteiger charge is 1.86. The lowest BCUT2D eigenvalue weighted by Crippen LogP contribution is -1.67. The second kappa shape index (κ2) is 1.26. The lowest BCUT2D eigenvalue weighted by Gasteiger charge is -1.67. The third kappa shape index (κ3) is 0.707. The van der Waals surface area contributed by atoms with Gasteiger partial charge in [-0.15, -0.1) is 0 Å². The van der Waals surface area contributed by atoms with E-state index < -0.39 is 0 Å². The molecule has 0 unspecified atom stereocenters. The van der Waals surface area contributed by atoms with Gasteiger partial charge >= 0.3 is 0 Å². The molecule has 3 nitrogen and oxygen atoms in total. The molecule has 2 N–H and O–H groups in total. The number of aromatic nitrogens is 2. The Kier molecular flexibility index (Phi) is 0.749. The summed E-state index contributed by atoms with van der Waals surface area (Å²) in [6.07, 6.45) is 0. The molecule has 1 heterocycles. The molecule has 0 aromatic carbocycles. The van der Waals surface area contributed by atoms with Crippen LogP contribution in [0, 0.1) is 6.92 Å². The van der Waals surface area contributed by atoms with Crippen molar-refractivity contribution in [3.05, 3.63) is 11.8 Å². The Morgan fingerprint density at radius 1 is 1.86 bits per heavy atom. The quantitative estimate of drug-likeness (QED) is 0.506. The molecule has 0 saturated carbocycles. The largest absolute Gasteiger partial charge is 0.281 e. The van der Waals surface area contributed by atoms with E-state index in [0.717, 1.165) is 5.69 Å². The predicted octanol–water partition coefficient (Wildman–Crippen LogP) is 0.633. The maximum atomic E-state index is 6.87. The van der Waals surface area contributed by atoms with Crippen LogP contribution in [-0.2, 0) is 0 Å².